The van der Waals surface area contributed by atoms with Gasteiger partial charge in [0.25, 0.3) is 5.91 Å². The van der Waals surface area contributed by atoms with Crippen molar-refractivity contribution in [3.63, 3.8) is 0 Å². The average molecular weight is 684 g/mol. The minimum Gasteiger partial charge on any atom is -0.490 e. The van der Waals surface area contributed by atoms with Crippen molar-refractivity contribution in [1.29, 1.82) is 5.26 Å². The lowest BCUT2D eigenvalue weighted by Gasteiger charge is -2.40. The first-order chi connectivity index (χ1) is 24.0. The van der Waals surface area contributed by atoms with E-state index >= 15 is 0 Å². The Bertz CT molecular complexity index is 1860. The van der Waals surface area contributed by atoms with Crippen LogP contribution >= 0.6 is 0 Å². The molecule has 0 radical (unpaired) electrons. The maximum atomic E-state index is 14.6. The molecule has 1 amide bonds. The number of halogens is 3. The Kier molecular flexibility index (Phi) is 10.7. The Labute approximate surface area is 292 Å². The van der Waals surface area contributed by atoms with Gasteiger partial charge >= 0.3 is 6.18 Å². The monoisotopic (exact) mass is 683 g/mol. The third-order valence-corrected chi connectivity index (χ3v) is 9.85. The molecule has 50 heavy (non-hydrogen) atoms. The molecule has 1 aromatic heterocycles. The van der Waals surface area contributed by atoms with Crippen LogP contribution in [0, 0.1) is 11.3 Å². The Morgan fingerprint density at radius 1 is 0.980 bits per heavy atom. The summed E-state index contributed by atoms with van der Waals surface area (Å²) in [7, 11) is 0. The van der Waals surface area contributed by atoms with Crippen LogP contribution in [-0.4, -0.2) is 59.0 Å². The molecule has 1 atom stereocenters. The Morgan fingerprint density at radius 2 is 1.70 bits per heavy atom. The van der Waals surface area contributed by atoms with E-state index in [0.29, 0.717) is 46.1 Å². The number of nitrogens with one attached hydrogen (secondary N) is 1. The summed E-state index contributed by atoms with van der Waals surface area (Å²) in [6.45, 7) is 9.70. The molecule has 2 aliphatic rings. The molecule has 2 aliphatic heterocycles. The number of aromatic nitrogens is 1. The minimum atomic E-state index is -4.56. The maximum Gasteiger partial charge on any atom is 0.416 e. The van der Waals surface area contributed by atoms with Crippen molar-refractivity contribution in [1.82, 2.24) is 20.1 Å². The van der Waals surface area contributed by atoms with Crippen LogP contribution in [0.5, 0.6) is 5.75 Å². The van der Waals surface area contributed by atoms with Gasteiger partial charge in [-0.1, -0.05) is 48.9 Å². The van der Waals surface area contributed by atoms with E-state index in [1.54, 1.807) is 18.2 Å². The van der Waals surface area contributed by atoms with Crippen molar-refractivity contribution >= 4 is 16.8 Å². The highest BCUT2D eigenvalue weighted by Gasteiger charge is 2.33. The number of likely N-dealkylation sites (tertiary alicyclic amines) is 2. The van der Waals surface area contributed by atoms with Gasteiger partial charge in [0.2, 0.25) is 0 Å². The lowest BCUT2D eigenvalue weighted by Crippen LogP contribution is -2.46. The van der Waals surface area contributed by atoms with Crippen LogP contribution in [0.25, 0.3) is 22.2 Å². The Balaban J connectivity index is 1.50. The molecule has 7 nitrogen and oxygen atoms in total. The summed E-state index contributed by atoms with van der Waals surface area (Å²) in [5.41, 5.74) is 2.13. The number of hydrogen-bond donors (Lipinski definition) is 1. The van der Waals surface area contributed by atoms with E-state index in [0.717, 1.165) is 56.7 Å². The lowest BCUT2D eigenvalue weighted by atomic mass is 9.92. The first kappa shape index (κ1) is 35.4. The zero-order chi connectivity index (χ0) is 35.4. The average Bonchev–Trinajstić information content (AvgIpc) is 3.11. The van der Waals surface area contributed by atoms with E-state index < -0.39 is 11.7 Å². The molecule has 0 saturated carbocycles. The number of alkyl halides is 3. The van der Waals surface area contributed by atoms with E-state index in [9.17, 15) is 23.2 Å². The van der Waals surface area contributed by atoms with Crippen molar-refractivity contribution in [2.45, 2.75) is 83.8 Å². The van der Waals surface area contributed by atoms with Gasteiger partial charge in [0.15, 0.2) is 0 Å². The molecule has 6 rings (SSSR count). The summed E-state index contributed by atoms with van der Waals surface area (Å²) in [6, 6.07) is 20.3. The third kappa shape index (κ3) is 7.95. The molecule has 4 aromatic rings. The Hall–Kier alpha value is -4.46. The van der Waals surface area contributed by atoms with Gasteiger partial charge in [0.1, 0.15) is 11.8 Å². The molecular weight excluding hydrogens is 639 g/mol. The van der Waals surface area contributed by atoms with Gasteiger partial charge in [-0.25, -0.2) is 4.98 Å². The summed E-state index contributed by atoms with van der Waals surface area (Å²) < 4.78 is 48.0. The predicted molar refractivity (Wildman–Crippen MR) is 189 cm³/mol. The highest BCUT2D eigenvalue weighted by molar-refractivity contribution is 6.09. The fourth-order valence-electron chi connectivity index (χ4n) is 7.31. The van der Waals surface area contributed by atoms with Crippen LogP contribution in [0.3, 0.4) is 0 Å². The third-order valence-electron chi connectivity index (χ3n) is 9.85. The van der Waals surface area contributed by atoms with Gasteiger partial charge in [-0.15, -0.1) is 0 Å². The second kappa shape index (κ2) is 15.2. The second-order valence-corrected chi connectivity index (χ2v) is 13.7. The topological polar surface area (TPSA) is 81.5 Å². The van der Waals surface area contributed by atoms with E-state index in [2.05, 4.69) is 21.2 Å². The standard InChI is InChI=1S/C40H44F3N5O2/c1-26(2)50-36-23-35-33(22-30(36)24-44)37(39(49)45-27(3)28-11-6-4-7-12-28)34(38(46-35)29-13-10-14-31(21-29)40(41,42)43)25-47-19-15-32(16-20-47)48-17-8-5-9-18-48/h4,6-7,10-14,21-23,26-27,32H,5,8-9,15-20,25H2,1-3H3,(H,45,49)/t27-/m0/s1. The molecule has 0 unspecified atom stereocenters. The number of carbonyl (C=O) groups is 1. The van der Waals surface area contributed by atoms with E-state index in [1.807, 2.05) is 51.1 Å². The van der Waals surface area contributed by atoms with Gasteiger partial charge in [0.05, 0.1) is 40.0 Å². The largest absolute Gasteiger partial charge is 0.490 e. The zero-order valence-electron chi connectivity index (χ0n) is 28.9. The highest BCUT2D eigenvalue weighted by atomic mass is 19.4. The number of hydrogen-bond acceptors (Lipinski definition) is 6. The maximum absolute atomic E-state index is 14.6. The molecule has 0 bridgehead atoms. The number of nitrogens with zero attached hydrogens (tertiary/aromatic N) is 4. The molecule has 2 saturated heterocycles. The minimum absolute atomic E-state index is 0.246. The van der Waals surface area contributed by atoms with Crippen LogP contribution in [0.15, 0.2) is 66.7 Å². The van der Waals surface area contributed by atoms with E-state index in [4.69, 9.17) is 9.72 Å². The summed E-state index contributed by atoms with van der Waals surface area (Å²) in [5.74, 6) is -0.0874. The molecule has 3 heterocycles. The van der Waals surface area contributed by atoms with Gasteiger partial charge in [-0.05, 0) is 96.4 Å². The van der Waals surface area contributed by atoms with E-state index in [-0.39, 0.29) is 29.2 Å². The number of fused-ring (bicyclic) bond motifs is 1. The zero-order valence-corrected chi connectivity index (χ0v) is 28.9. The number of benzene rings is 3. The number of ether oxygens (including phenoxy) is 1. The smallest absolute Gasteiger partial charge is 0.416 e. The number of rotatable bonds is 9. The van der Waals surface area contributed by atoms with Crippen LogP contribution in [0.2, 0.25) is 0 Å². The molecule has 262 valence electrons. The predicted octanol–water partition coefficient (Wildman–Crippen LogP) is 8.52. The lowest BCUT2D eigenvalue weighted by molar-refractivity contribution is -0.137. The van der Waals surface area contributed by atoms with Crippen LogP contribution in [0.4, 0.5) is 13.2 Å². The van der Waals surface area contributed by atoms with Crippen molar-refractivity contribution in [3.8, 4) is 23.1 Å². The summed E-state index contributed by atoms with van der Waals surface area (Å²) >= 11 is 0. The second-order valence-electron chi connectivity index (χ2n) is 13.7. The molecule has 3 aromatic carbocycles. The molecule has 2 fully saturated rings. The molecular formula is C40H44F3N5O2. The molecule has 1 N–H and O–H groups in total. The fraction of sp³-hybridized carbons (Fsp3) is 0.425. The van der Waals surface area contributed by atoms with Crippen molar-refractivity contribution in [2.75, 3.05) is 26.2 Å². The number of piperidine rings is 2. The first-order valence-corrected chi connectivity index (χ1v) is 17.6. The number of amides is 1. The summed E-state index contributed by atoms with van der Waals surface area (Å²) in [5, 5.41) is 13.7. The molecule has 0 spiro atoms. The highest BCUT2D eigenvalue weighted by Crippen LogP contribution is 2.38. The molecule has 0 aliphatic carbocycles. The number of carbonyl (C=O) groups excluding carboxylic acids is 1. The van der Waals surface area contributed by atoms with E-state index in [1.165, 1.54) is 25.3 Å². The summed E-state index contributed by atoms with van der Waals surface area (Å²) in [6.07, 6.45) is 0.852. The number of pyridine rings is 1. The van der Waals surface area contributed by atoms with Crippen molar-refractivity contribution < 1.29 is 22.7 Å². The van der Waals surface area contributed by atoms with Crippen LogP contribution in [-0.2, 0) is 12.7 Å². The van der Waals surface area contributed by atoms with Crippen molar-refractivity contribution in [2.24, 2.45) is 0 Å². The van der Waals surface area contributed by atoms with Gasteiger partial charge in [0, 0.05) is 35.2 Å². The number of nitriles is 1. The Morgan fingerprint density at radius 3 is 2.36 bits per heavy atom. The first-order valence-electron chi connectivity index (χ1n) is 17.6. The van der Waals surface area contributed by atoms with Crippen LogP contribution < -0.4 is 10.1 Å². The van der Waals surface area contributed by atoms with Gasteiger partial charge in [-0.2, -0.15) is 18.4 Å². The van der Waals surface area contributed by atoms with Gasteiger partial charge in [-0.3, -0.25) is 9.69 Å². The molecule has 10 heteroatoms. The SMILES string of the molecule is CC(C)Oc1cc2nc(-c3cccc(C(F)(F)F)c3)c(CN3CCC(N4CCCCC4)CC3)c(C(=O)N[C@@H](C)c3ccccc3)c2cc1C#N. The summed E-state index contributed by atoms with van der Waals surface area (Å²) in [4.78, 5) is 24.4. The van der Waals surface area contributed by atoms with Crippen LogP contribution in [0.1, 0.15) is 91.5 Å². The van der Waals surface area contributed by atoms with Gasteiger partial charge < -0.3 is 15.0 Å². The quantitative estimate of drug-likeness (QED) is 0.191. The fourth-order valence-corrected chi connectivity index (χ4v) is 7.31. The normalized spacial score (nSPS) is 17.1. The van der Waals surface area contributed by atoms with Crippen molar-refractivity contribution in [3.05, 3.63) is 94.5 Å².